The zero-order valence-electron chi connectivity index (χ0n) is 12.8. The maximum absolute atomic E-state index is 12.1. The number of rotatable bonds is 4. The number of fused-ring (bicyclic) bond motifs is 1. The summed E-state index contributed by atoms with van der Waals surface area (Å²) < 4.78 is 41.3. The second-order valence-corrected chi connectivity index (χ2v) is 7.27. The molecule has 0 aliphatic carbocycles. The number of carbonyl (C=O) groups excluding carboxylic acids is 2. The zero-order valence-corrected chi connectivity index (χ0v) is 13.6. The summed E-state index contributed by atoms with van der Waals surface area (Å²) >= 11 is 0. The molecular formula is C14H16N2O7S. The Kier molecular flexibility index (Phi) is 4.10. The van der Waals surface area contributed by atoms with Crippen molar-refractivity contribution in [1.82, 2.24) is 0 Å². The molecule has 2 amide bonds. The minimum absolute atomic E-state index is 0.0622. The number of ether oxygens (including phenoxy) is 2. The third-order valence-electron chi connectivity index (χ3n) is 3.85. The number of nitrogens with one attached hydrogen (secondary N) is 1. The molecule has 0 radical (unpaired) electrons. The molecule has 24 heavy (non-hydrogen) atoms. The summed E-state index contributed by atoms with van der Waals surface area (Å²) in [5.74, 6) is -0.840. The summed E-state index contributed by atoms with van der Waals surface area (Å²) in [4.78, 5) is 24.8. The van der Waals surface area contributed by atoms with E-state index in [2.05, 4.69) is 5.32 Å². The smallest absolute Gasteiger partial charge is 0.414 e. The van der Waals surface area contributed by atoms with Crippen molar-refractivity contribution in [2.75, 3.05) is 29.1 Å². The summed E-state index contributed by atoms with van der Waals surface area (Å²) in [6.07, 6.45) is -1.29. The fourth-order valence-electron chi connectivity index (χ4n) is 2.67. The first kappa shape index (κ1) is 16.5. The molecule has 2 atom stereocenters. The summed E-state index contributed by atoms with van der Waals surface area (Å²) in [6, 6.07) is 4.86. The Labute approximate surface area is 138 Å². The van der Waals surface area contributed by atoms with Crippen LogP contribution in [0.5, 0.6) is 5.75 Å². The molecule has 2 aliphatic rings. The molecule has 3 rings (SSSR count). The monoisotopic (exact) mass is 356 g/mol. The van der Waals surface area contributed by atoms with Crippen LogP contribution in [0, 0.1) is 5.92 Å². The van der Waals surface area contributed by atoms with E-state index in [0.29, 0.717) is 17.1 Å². The third-order valence-corrected chi connectivity index (χ3v) is 4.80. The molecule has 2 aliphatic heterocycles. The van der Waals surface area contributed by atoms with E-state index < -0.39 is 34.0 Å². The normalized spacial score (nSPS) is 21.6. The van der Waals surface area contributed by atoms with Crippen molar-refractivity contribution < 1.29 is 32.0 Å². The van der Waals surface area contributed by atoms with Crippen molar-refractivity contribution in [3.8, 4) is 5.75 Å². The van der Waals surface area contributed by atoms with Gasteiger partial charge in [0.25, 0.3) is 16.0 Å². The van der Waals surface area contributed by atoms with Gasteiger partial charge < -0.3 is 14.8 Å². The fraction of sp³-hybridized carbons (Fsp3) is 0.429. The maximum atomic E-state index is 12.1. The van der Waals surface area contributed by atoms with E-state index in [9.17, 15) is 18.0 Å². The lowest BCUT2D eigenvalue weighted by Crippen LogP contribution is -2.30. The number of anilines is 2. The summed E-state index contributed by atoms with van der Waals surface area (Å²) in [7, 11) is -4.15. The van der Waals surface area contributed by atoms with E-state index >= 15 is 0 Å². The minimum Gasteiger partial charge on any atom is -0.482 e. The lowest BCUT2D eigenvalue weighted by Gasteiger charge is -2.21. The standard InChI is InChI=1S/C14H16N2O7S/c1-8(7-24(19,20)21)12-5-16(14(18)23-12)9-2-3-11-10(4-9)15-13(17)6-22-11/h2-4,8,12H,5-7H2,1H3,(H,15,17)(H,19,20,21)/t8?,12-/m0/s1. The third kappa shape index (κ3) is 3.44. The van der Waals surface area contributed by atoms with Gasteiger partial charge in [0.05, 0.1) is 18.0 Å². The van der Waals surface area contributed by atoms with E-state index in [1.165, 1.54) is 4.90 Å². The van der Waals surface area contributed by atoms with Crippen LogP contribution in [0.1, 0.15) is 6.92 Å². The van der Waals surface area contributed by atoms with Gasteiger partial charge >= 0.3 is 6.09 Å². The van der Waals surface area contributed by atoms with Crippen LogP contribution in [0.2, 0.25) is 0 Å². The number of nitrogens with zero attached hydrogens (tertiary/aromatic N) is 1. The van der Waals surface area contributed by atoms with Gasteiger partial charge in [-0.1, -0.05) is 6.92 Å². The topological polar surface area (TPSA) is 122 Å². The molecule has 130 valence electrons. The van der Waals surface area contributed by atoms with E-state index in [1.54, 1.807) is 25.1 Å². The van der Waals surface area contributed by atoms with Crippen molar-refractivity contribution in [2.24, 2.45) is 5.92 Å². The highest BCUT2D eigenvalue weighted by atomic mass is 32.2. The van der Waals surface area contributed by atoms with Gasteiger partial charge in [0.1, 0.15) is 11.9 Å². The average molecular weight is 356 g/mol. The zero-order chi connectivity index (χ0) is 17.5. The second kappa shape index (κ2) is 5.95. The molecule has 1 saturated heterocycles. The molecule has 2 N–H and O–H groups in total. The van der Waals surface area contributed by atoms with E-state index in [0.717, 1.165) is 0 Å². The van der Waals surface area contributed by atoms with E-state index in [-0.39, 0.29) is 19.1 Å². The molecule has 0 aromatic heterocycles. The lowest BCUT2D eigenvalue weighted by atomic mass is 10.1. The predicted octanol–water partition coefficient (Wildman–Crippen LogP) is 0.867. The first-order valence-corrected chi connectivity index (χ1v) is 8.84. The molecule has 1 aromatic rings. The Bertz CT molecular complexity index is 792. The fourth-order valence-corrected chi connectivity index (χ4v) is 3.55. The van der Waals surface area contributed by atoms with Crippen molar-refractivity contribution in [3.63, 3.8) is 0 Å². The summed E-state index contributed by atoms with van der Waals surface area (Å²) in [6.45, 7) is 1.66. The van der Waals surface area contributed by atoms with Crippen LogP contribution in [0.25, 0.3) is 0 Å². The van der Waals surface area contributed by atoms with Crippen LogP contribution in [-0.4, -0.2) is 50.0 Å². The first-order valence-electron chi connectivity index (χ1n) is 7.23. The second-order valence-electron chi connectivity index (χ2n) is 5.78. The van der Waals surface area contributed by atoms with Crippen molar-refractivity contribution >= 4 is 33.5 Å². The van der Waals surface area contributed by atoms with Gasteiger partial charge in [0, 0.05) is 11.6 Å². The Morgan fingerprint density at radius 2 is 2.17 bits per heavy atom. The van der Waals surface area contributed by atoms with Gasteiger partial charge in [-0.3, -0.25) is 14.2 Å². The number of cyclic esters (lactones) is 1. The molecule has 10 heteroatoms. The van der Waals surface area contributed by atoms with Gasteiger partial charge in [-0.05, 0) is 18.2 Å². The Hall–Kier alpha value is -2.33. The number of hydrogen-bond acceptors (Lipinski definition) is 6. The van der Waals surface area contributed by atoms with Crippen molar-refractivity contribution in [3.05, 3.63) is 18.2 Å². The summed E-state index contributed by atoms with van der Waals surface area (Å²) in [5, 5.41) is 2.65. The Morgan fingerprint density at radius 1 is 1.42 bits per heavy atom. The molecule has 0 spiro atoms. The highest BCUT2D eigenvalue weighted by molar-refractivity contribution is 7.85. The van der Waals surface area contributed by atoms with Gasteiger partial charge in [-0.15, -0.1) is 0 Å². The Balaban J connectivity index is 1.77. The van der Waals surface area contributed by atoms with Crippen LogP contribution < -0.4 is 15.0 Å². The molecule has 1 aromatic carbocycles. The number of amides is 2. The molecule has 0 saturated carbocycles. The van der Waals surface area contributed by atoms with Gasteiger partial charge in [0.15, 0.2) is 6.61 Å². The van der Waals surface area contributed by atoms with Crippen LogP contribution in [-0.2, 0) is 19.6 Å². The molecule has 9 nitrogen and oxygen atoms in total. The highest BCUT2D eigenvalue weighted by Crippen LogP contribution is 2.34. The van der Waals surface area contributed by atoms with Gasteiger partial charge in [-0.2, -0.15) is 8.42 Å². The van der Waals surface area contributed by atoms with E-state index in [1.807, 2.05) is 0 Å². The van der Waals surface area contributed by atoms with Gasteiger partial charge in [0.2, 0.25) is 0 Å². The van der Waals surface area contributed by atoms with Crippen LogP contribution in [0.4, 0.5) is 16.2 Å². The Morgan fingerprint density at radius 3 is 2.88 bits per heavy atom. The van der Waals surface area contributed by atoms with Gasteiger partial charge in [-0.25, -0.2) is 4.79 Å². The summed E-state index contributed by atoms with van der Waals surface area (Å²) in [5.41, 5.74) is 0.942. The predicted molar refractivity (Wildman–Crippen MR) is 83.8 cm³/mol. The van der Waals surface area contributed by atoms with Crippen LogP contribution in [0.3, 0.4) is 0 Å². The maximum Gasteiger partial charge on any atom is 0.414 e. The average Bonchev–Trinajstić information content (AvgIpc) is 2.87. The SMILES string of the molecule is CC(CS(=O)(=O)O)[C@@H]1CN(c2ccc3c(c2)NC(=O)CO3)C(=O)O1. The number of carbonyl (C=O) groups is 2. The molecule has 1 unspecified atom stereocenters. The molecule has 0 bridgehead atoms. The van der Waals surface area contributed by atoms with Crippen LogP contribution in [0.15, 0.2) is 18.2 Å². The van der Waals surface area contributed by atoms with Crippen molar-refractivity contribution in [2.45, 2.75) is 13.0 Å². The minimum atomic E-state index is -4.15. The lowest BCUT2D eigenvalue weighted by molar-refractivity contribution is -0.118. The first-order chi connectivity index (χ1) is 11.2. The highest BCUT2D eigenvalue weighted by Gasteiger charge is 2.37. The number of benzene rings is 1. The quantitative estimate of drug-likeness (QED) is 0.767. The van der Waals surface area contributed by atoms with E-state index in [4.69, 9.17) is 14.0 Å². The van der Waals surface area contributed by atoms with Crippen LogP contribution >= 0.6 is 0 Å². The molecular weight excluding hydrogens is 340 g/mol. The largest absolute Gasteiger partial charge is 0.482 e. The van der Waals surface area contributed by atoms with Crippen molar-refractivity contribution in [1.29, 1.82) is 0 Å². The molecule has 2 heterocycles. The number of hydrogen-bond donors (Lipinski definition) is 2. The molecule has 1 fully saturated rings.